The summed E-state index contributed by atoms with van der Waals surface area (Å²) in [6, 6.07) is 17.4. The van der Waals surface area contributed by atoms with Gasteiger partial charge in [-0.05, 0) is 30.5 Å². The lowest BCUT2D eigenvalue weighted by Crippen LogP contribution is -2.58. The van der Waals surface area contributed by atoms with E-state index < -0.39 is 5.54 Å². The smallest absolute Gasteiger partial charge is 0.246 e. The van der Waals surface area contributed by atoms with E-state index in [0.29, 0.717) is 24.4 Å². The Bertz CT molecular complexity index is 1070. The van der Waals surface area contributed by atoms with Gasteiger partial charge in [0.2, 0.25) is 11.8 Å². The van der Waals surface area contributed by atoms with Crippen molar-refractivity contribution < 1.29 is 18.5 Å². The topological polar surface area (TPSA) is 75.4 Å². The first-order chi connectivity index (χ1) is 15.0. The zero-order valence-electron chi connectivity index (χ0n) is 17.3. The normalized spacial score (nSPS) is 18.2. The zero-order valence-corrected chi connectivity index (χ0v) is 17.3. The molecule has 1 N–H and O–H groups in total. The lowest BCUT2D eigenvalue weighted by Gasteiger charge is -2.36. The maximum Gasteiger partial charge on any atom is 0.246 e. The summed E-state index contributed by atoms with van der Waals surface area (Å²) in [5, 5.41) is 7.07. The number of halogens is 1. The molecule has 31 heavy (non-hydrogen) atoms. The van der Waals surface area contributed by atoms with Crippen LogP contribution in [-0.4, -0.2) is 34.0 Å². The van der Waals surface area contributed by atoms with Gasteiger partial charge in [0, 0.05) is 38.1 Å². The van der Waals surface area contributed by atoms with Gasteiger partial charge in [-0.3, -0.25) is 9.59 Å². The molecule has 160 valence electrons. The average Bonchev–Trinajstić information content (AvgIpc) is 3.42. The Labute approximate surface area is 180 Å². The van der Waals surface area contributed by atoms with Gasteiger partial charge in [0.15, 0.2) is 0 Å². The Morgan fingerprint density at radius 3 is 2.61 bits per heavy atom. The number of amides is 2. The number of benzene rings is 2. The molecule has 0 aliphatic carbocycles. The molecule has 7 heteroatoms. The molecule has 0 bridgehead atoms. The number of nitrogens with one attached hydrogen (secondary N) is 1. The van der Waals surface area contributed by atoms with Gasteiger partial charge in [-0.2, -0.15) is 0 Å². The minimum atomic E-state index is -1.04. The lowest BCUT2D eigenvalue weighted by molar-refractivity contribution is -0.144. The van der Waals surface area contributed by atoms with Gasteiger partial charge in [0.1, 0.15) is 22.8 Å². The fraction of sp³-hybridized carbons (Fsp3) is 0.292. The predicted molar refractivity (Wildman–Crippen MR) is 113 cm³/mol. The van der Waals surface area contributed by atoms with Crippen LogP contribution in [-0.2, 0) is 22.6 Å². The molecular weight excluding hydrogens is 397 g/mol. The minimum Gasteiger partial charge on any atom is -0.361 e. The Hall–Kier alpha value is -3.48. The van der Waals surface area contributed by atoms with Gasteiger partial charge >= 0.3 is 0 Å². The van der Waals surface area contributed by atoms with Crippen molar-refractivity contribution in [2.75, 3.05) is 6.54 Å². The molecule has 6 nitrogen and oxygen atoms in total. The van der Waals surface area contributed by atoms with Crippen LogP contribution in [0.4, 0.5) is 4.39 Å². The molecule has 4 rings (SSSR count). The Morgan fingerprint density at radius 2 is 1.90 bits per heavy atom. The summed E-state index contributed by atoms with van der Waals surface area (Å²) >= 11 is 0. The van der Waals surface area contributed by atoms with Crippen molar-refractivity contribution in [1.29, 1.82) is 0 Å². The fourth-order valence-electron chi connectivity index (χ4n) is 4.22. The van der Waals surface area contributed by atoms with Crippen molar-refractivity contribution in [3.05, 3.63) is 77.8 Å². The predicted octanol–water partition coefficient (Wildman–Crippen LogP) is 3.72. The highest BCUT2D eigenvalue weighted by Gasteiger charge is 2.49. The molecule has 2 heterocycles. The summed E-state index contributed by atoms with van der Waals surface area (Å²) in [6.07, 6.45) is 1.49. The average molecular weight is 421 g/mol. The van der Waals surface area contributed by atoms with Gasteiger partial charge in [0.25, 0.3) is 0 Å². The standard InChI is InChI=1S/C24H24FN3O3/c1-17(29)28-13-5-12-24(28,23(30)26-16-18-8-10-20(25)11-9-18)15-21-14-22(27-31-21)19-6-3-2-4-7-19/h2-4,6-11,14H,5,12-13,15-16H2,1H3,(H,26,30)/t24-/m1/s1. The molecule has 2 aromatic carbocycles. The van der Waals surface area contributed by atoms with E-state index in [1.165, 1.54) is 19.1 Å². The molecule has 1 aliphatic heterocycles. The van der Waals surface area contributed by atoms with Crippen molar-refractivity contribution in [3.63, 3.8) is 0 Å². The van der Waals surface area contributed by atoms with Crippen LogP contribution in [0.3, 0.4) is 0 Å². The lowest BCUT2D eigenvalue weighted by atomic mass is 9.89. The van der Waals surface area contributed by atoms with Gasteiger partial charge in [-0.15, -0.1) is 0 Å². The minimum absolute atomic E-state index is 0.155. The van der Waals surface area contributed by atoms with E-state index in [9.17, 15) is 14.0 Å². The molecule has 1 aromatic heterocycles. The highest BCUT2D eigenvalue weighted by Crippen LogP contribution is 2.34. The number of likely N-dealkylation sites (tertiary alicyclic amines) is 1. The summed E-state index contributed by atoms with van der Waals surface area (Å²) in [4.78, 5) is 27.3. The van der Waals surface area contributed by atoms with E-state index in [1.54, 1.807) is 17.0 Å². The first-order valence-electron chi connectivity index (χ1n) is 10.3. The highest BCUT2D eigenvalue weighted by atomic mass is 19.1. The van der Waals surface area contributed by atoms with Crippen molar-refractivity contribution in [2.45, 2.75) is 38.3 Å². The van der Waals surface area contributed by atoms with Gasteiger partial charge in [0.05, 0.1) is 0 Å². The van der Waals surface area contributed by atoms with Crippen LogP contribution in [0.25, 0.3) is 11.3 Å². The summed E-state index contributed by atoms with van der Waals surface area (Å²) in [5.74, 6) is -0.187. The number of carbonyl (C=O) groups excluding carboxylic acids is 2. The molecule has 2 amide bonds. The van der Waals surface area contributed by atoms with Gasteiger partial charge in [-0.1, -0.05) is 47.6 Å². The van der Waals surface area contributed by atoms with E-state index in [1.807, 2.05) is 36.4 Å². The van der Waals surface area contributed by atoms with Crippen LogP contribution < -0.4 is 5.32 Å². The number of rotatable bonds is 6. The Kier molecular flexibility index (Phi) is 5.84. The SMILES string of the molecule is CC(=O)N1CCC[C@@]1(Cc1cc(-c2ccccc2)no1)C(=O)NCc1ccc(F)cc1. The summed E-state index contributed by atoms with van der Waals surface area (Å²) in [5.41, 5.74) is 1.34. The van der Waals surface area contributed by atoms with E-state index >= 15 is 0 Å². The second kappa shape index (κ2) is 8.71. The third-order valence-corrected chi connectivity index (χ3v) is 5.75. The summed E-state index contributed by atoms with van der Waals surface area (Å²) in [6.45, 7) is 2.24. The molecule has 3 aromatic rings. The number of aromatic nitrogens is 1. The monoisotopic (exact) mass is 421 g/mol. The van der Waals surface area contributed by atoms with Gasteiger partial charge in [-0.25, -0.2) is 4.39 Å². The van der Waals surface area contributed by atoms with Gasteiger partial charge < -0.3 is 14.7 Å². The Morgan fingerprint density at radius 1 is 1.16 bits per heavy atom. The molecule has 1 fully saturated rings. The zero-order chi connectivity index (χ0) is 21.8. The first-order valence-corrected chi connectivity index (χ1v) is 10.3. The third-order valence-electron chi connectivity index (χ3n) is 5.75. The van der Waals surface area contributed by atoms with Crippen molar-refractivity contribution in [3.8, 4) is 11.3 Å². The highest BCUT2D eigenvalue weighted by molar-refractivity contribution is 5.91. The van der Waals surface area contributed by atoms with Crippen LogP contribution in [0.15, 0.2) is 65.2 Å². The quantitative estimate of drug-likeness (QED) is 0.658. The van der Waals surface area contributed by atoms with Crippen LogP contribution in [0.2, 0.25) is 0 Å². The number of hydrogen-bond donors (Lipinski definition) is 1. The van der Waals surface area contributed by atoms with Crippen LogP contribution in [0.1, 0.15) is 31.1 Å². The van der Waals surface area contributed by atoms with Crippen LogP contribution in [0, 0.1) is 5.82 Å². The van der Waals surface area contributed by atoms with Crippen LogP contribution >= 0.6 is 0 Å². The molecule has 0 spiro atoms. The maximum absolute atomic E-state index is 13.4. The molecule has 0 saturated carbocycles. The number of hydrogen-bond acceptors (Lipinski definition) is 4. The third kappa shape index (κ3) is 4.35. The molecule has 0 radical (unpaired) electrons. The van der Waals surface area contributed by atoms with Crippen LogP contribution in [0.5, 0.6) is 0 Å². The van der Waals surface area contributed by atoms with Crippen molar-refractivity contribution >= 4 is 11.8 Å². The number of nitrogens with zero attached hydrogens (tertiary/aromatic N) is 2. The maximum atomic E-state index is 13.4. The molecule has 1 saturated heterocycles. The second-order valence-corrected chi connectivity index (χ2v) is 7.84. The van der Waals surface area contributed by atoms with Crippen molar-refractivity contribution in [2.24, 2.45) is 0 Å². The summed E-state index contributed by atoms with van der Waals surface area (Å²) < 4.78 is 18.7. The first kappa shape index (κ1) is 20.8. The van der Waals surface area contributed by atoms with E-state index in [4.69, 9.17) is 4.52 Å². The molecule has 0 unspecified atom stereocenters. The molecule has 1 atom stereocenters. The van der Waals surface area contributed by atoms with Crippen molar-refractivity contribution in [1.82, 2.24) is 15.4 Å². The number of carbonyl (C=O) groups is 2. The largest absolute Gasteiger partial charge is 0.361 e. The molecular formula is C24H24FN3O3. The van der Waals surface area contributed by atoms with E-state index in [0.717, 1.165) is 17.5 Å². The van der Waals surface area contributed by atoms with E-state index in [2.05, 4.69) is 10.5 Å². The Balaban J connectivity index is 1.57. The molecule has 1 aliphatic rings. The fourth-order valence-corrected chi connectivity index (χ4v) is 4.22. The summed E-state index contributed by atoms with van der Waals surface area (Å²) in [7, 11) is 0. The van der Waals surface area contributed by atoms with E-state index in [-0.39, 0.29) is 30.6 Å². The second-order valence-electron chi connectivity index (χ2n) is 7.84.